The Bertz CT molecular complexity index is 1180. The number of sulfonamides is 1. The summed E-state index contributed by atoms with van der Waals surface area (Å²) in [6.45, 7) is 1.90. The third-order valence-corrected chi connectivity index (χ3v) is 7.19. The minimum atomic E-state index is -3.51. The van der Waals surface area contributed by atoms with Gasteiger partial charge in [0.2, 0.25) is 15.9 Å². The number of hydrogen-bond donors (Lipinski definition) is 1. The Morgan fingerprint density at radius 3 is 2.47 bits per heavy atom. The highest BCUT2D eigenvalue weighted by Crippen LogP contribution is 2.27. The number of thioether (sulfide) groups is 1. The van der Waals surface area contributed by atoms with Crippen molar-refractivity contribution in [2.24, 2.45) is 0 Å². The molecule has 0 atom stereocenters. The number of pyridine rings is 1. The Morgan fingerprint density at radius 2 is 1.83 bits per heavy atom. The van der Waals surface area contributed by atoms with Gasteiger partial charge in [-0.05, 0) is 61.0 Å². The van der Waals surface area contributed by atoms with Crippen LogP contribution >= 0.6 is 11.8 Å². The normalized spacial score (nSPS) is 11.6. The summed E-state index contributed by atoms with van der Waals surface area (Å²) in [5, 5.41) is 4.31. The summed E-state index contributed by atoms with van der Waals surface area (Å²) in [6, 6.07) is 13.9. The minimum absolute atomic E-state index is 0.142. The number of hydrogen-bond acceptors (Lipinski definition) is 6. The average molecular weight is 446 g/mol. The van der Waals surface area contributed by atoms with Crippen molar-refractivity contribution in [3.63, 3.8) is 0 Å². The van der Waals surface area contributed by atoms with E-state index in [1.807, 2.05) is 13.0 Å². The van der Waals surface area contributed by atoms with Crippen molar-refractivity contribution in [2.45, 2.75) is 16.8 Å². The van der Waals surface area contributed by atoms with Gasteiger partial charge in [0.15, 0.2) is 0 Å². The van der Waals surface area contributed by atoms with E-state index in [2.05, 4.69) is 10.3 Å². The van der Waals surface area contributed by atoms with E-state index in [9.17, 15) is 13.2 Å². The number of nitrogens with zero attached hydrogens (tertiary/aromatic N) is 2. The van der Waals surface area contributed by atoms with Crippen LogP contribution < -0.4 is 10.1 Å². The summed E-state index contributed by atoms with van der Waals surface area (Å²) in [7, 11) is 1.08. The van der Waals surface area contributed by atoms with E-state index < -0.39 is 10.0 Å². The number of aryl methyl sites for hydroxylation is 1. The van der Waals surface area contributed by atoms with E-state index in [4.69, 9.17) is 4.74 Å². The first-order valence-electron chi connectivity index (χ1n) is 9.11. The molecule has 0 aliphatic heterocycles. The van der Waals surface area contributed by atoms with Crippen LogP contribution in [0, 0.1) is 6.92 Å². The quantitative estimate of drug-likeness (QED) is 0.560. The molecule has 1 N–H and O–H groups in total. The molecule has 3 rings (SSSR count). The molecule has 1 heterocycles. The second-order valence-corrected chi connectivity index (χ2v) is 9.96. The van der Waals surface area contributed by atoms with Crippen LogP contribution in [0.4, 0.5) is 5.69 Å². The van der Waals surface area contributed by atoms with E-state index in [1.54, 1.807) is 49.6 Å². The fourth-order valence-electron chi connectivity index (χ4n) is 2.80. The van der Waals surface area contributed by atoms with Crippen molar-refractivity contribution in [3.05, 3.63) is 54.1 Å². The van der Waals surface area contributed by atoms with Crippen LogP contribution in [-0.2, 0) is 14.8 Å². The molecule has 0 fully saturated rings. The Labute approximate surface area is 180 Å². The van der Waals surface area contributed by atoms with Gasteiger partial charge in [0.1, 0.15) is 5.75 Å². The van der Waals surface area contributed by atoms with E-state index in [1.165, 1.54) is 30.2 Å². The predicted octanol–water partition coefficient (Wildman–Crippen LogP) is 3.53. The van der Waals surface area contributed by atoms with Gasteiger partial charge in [0.05, 0.1) is 28.3 Å². The van der Waals surface area contributed by atoms with E-state index in [0.29, 0.717) is 16.2 Å². The van der Waals surface area contributed by atoms with E-state index >= 15 is 0 Å². The lowest BCUT2D eigenvalue weighted by molar-refractivity contribution is -0.113. The molecule has 3 aromatic rings. The van der Waals surface area contributed by atoms with E-state index in [-0.39, 0.29) is 16.6 Å². The number of nitrogens with one attached hydrogen (secondary N) is 1. The number of carbonyl (C=O) groups is 1. The lowest BCUT2D eigenvalue weighted by Gasteiger charge is -2.13. The van der Waals surface area contributed by atoms with Gasteiger partial charge in [-0.15, -0.1) is 0 Å². The first-order chi connectivity index (χ1) is 14.2. The topological polar surface area (TPSA) is 88.6 Å². The lowest BCUT2D eigenvalue weighted by Crippen LogP contribution is -2.22. The SMILES string of the molecule is COc1ccc(NC(=O)CSc2cc(C)c3cc(S(=O)(=O)N(C)C)ccc3n2)cc1. The molecular weight excluding hydrogens is 422 g/mol. The predicted molar refractivity (Wildman–Crippen MR) is 120 cm³/mol. The molecule has 158 valence electrons. The van der Waals surface area contributed by atoms with Gasteiger partial charge in [-0.25, -0.2) is 17.7 Å². The van der Waals surface area contributed by atoms with Crippen molar-refractivity contribution < 1.29 is 17.9 Å². The van der Waals surface area contributed by atoms with Crippen LogP contribution in [0.5, 0.6) is 5.75 Å². The molecule has 0 aliphatic rings. The molecule has 1 aromatic heterocycles. The fourth-order valence-corrected chi connectivity index (χ4v) is 4.50. The minimum Gasteiger partial charge on any atom is -0.497 e. The number of carbonyl (C=O) groups excluding carboxylic acids is 1. The summed E-state index contributed by atoms with van der Waals surface area (Å²) in [5.41, 5.74) is 2.28. The molecule has 0 saturated carbocycles. The van der Waals surface area contributed by atoms with Gasteiger partial charge in [0.25, 0.3) is 0 Å². The number of benzene rings is 2. The number of rotatable bonds is 7. The summed E-state index contributed by atoms with van der Waals surface area (Å²) in [4.78, 5) is 17.0. The molecule has 2 aromatic carbocycles. The second-order valence-electron chi connectivity index (χ2n) is 6.81. The Morgan fingerprint density at radius 1 is 1.13 bits per heavy atom. The molecule has 9 heteroatoms. The van der Waals surface area contributed by atoms with Gasteiger partial charge in [-0.1, -0.05) is 11.8 Å². The number of methoxy groups -OCH3 is 1. The second kappa shape index (κ2) is 9.03. The van der Waals surface area contributed by atoms with Crippen LogP contribution in [0.3, 0.4) is 0 Å². The van der Waals surface area contributed by atoms with Crippen molar-refractivity contribution in [1.29, 1.82) is 0 Å². The van der Waals surface area contributed by atoms with Gasteiger partial charge in [0, 0.05) is 25.2 Å². The van der Waals surface area contributed by atoms with Crippen molar-refractivity contribution in [1.82, 2.24) is 9.29 Å². The number of fused-ring (bicyclic) bond motifs is 1. The lowest BCUT2D eigenvalue weighted by atomic mass is 10.1. The summed E-state index contributed by atoms with van der Waals surface area (Å²) < 4.78 is 31.0. The Hall–Kier alpha value is -2.62. The Balaban J connectivity index is 1.73. The Kier molecular flexibility index (Phi) is 6.64. The van der Waals surface area contributed by atoms with Crippen LogP contribution in [0.1, 0.15) is 5.56 Å². The maximum atomic E-state index is 12.4. The van der Waals surface area contributed by atoms with E-state index in [0.717, 1.165) is 16.7 Å². The summed E-state index contributed by atoms with van der Waals surface area (Å²) >= 11 is 1.32. The summed E-state index contributed by atoms with van der Waals surface area (Å²) in [5.74, 6) is 0.786. The molecule has 0 unspecified atom stereocenters. The van der Waals surface area contributed by atoms with Crippen LogP contribution in [0.2, 0.25) is 0 Å². The zero-order valence-corrected chi connectivity index (χ0v) is 18.8. The number of amides is 1. The maximum absolute atomic E-state index is 12.4. The molecule has 0 saturated heterocycles. The number of anilines is 1. The largest absolute Gasteiger partial charge is 0.497 e. The highest BCUT2D eigenvalue weighted by molar-refractivity contribution is 7.99. The standard InChI is InChI=1S/C21H23N3O4S2/c1-14-11-21(29-13-20(25)22-15-5-7-16(28-4)8-6-15)23-19-10-9-17(12-18(14)19)30(26,27)24(2)3/h5-12H,13H2,1-4H3,(H,22,25). The van der Waals surface area contributed by atoms with Crippen molar-refractivity contribution in [2.75, 3.05) is 32.3 Å². The zero-order chi connectivity index (χ0) is 21.9. The highest BCUT2D eigenvalue weighted by atomic mass is 32.2. The molecule has 0 aliphatic carbocycles. The monoisotopic (exact) mass is 445 g/mol. The fraction of sp³-hybridized carbons (Fsp3) is 0.238. The van der Waals surface area contributed by atoms with Crippen LogP contribution in [0.15, 0.2) is 58.5 Å². The molecule has 7 nitrogen and oxygen atoms in total. The summed E-state index contributed by atoms with van der Waals surface area (Å²) in [6.07, 6.45) is 0. The van der Waals surface area contributed by atoms with Gasteiger partial charge in [-0.3, -0.25) is 4.79 Å². The smallest absolute Gasteiger partial charge is 0.242 e. The molecule has 0 bridgehead atoms. The first-order valence-corrected chi connectivity index (χ1v) is 11.5. The van der Waals surface area contributed by atoms with Gasteiger partial charge >= 0.3 is 0 Å². The third-order valence-electron chi connectivity index (χ3n) is 4.47. The first kappa shape index (κ1) is 22.1. The molecule has 1 amide bonds. The number of ether oxygens (including phenoxy) is 1. The molecular formula is C21H23N3O4S2. The van der Waals surface area contributed by atoms with Crippen LogP contribution in [0.25, 0.3) is 10.9 Å². The maximum Gasteiger partial charge on any atom is 0.242 e. The van der Waals surface area contributed by atoms with Gasteiger partial charge in [-0.2, -0.15) is 0 Å². The average Bonchev–Trinajstić information content (AvgIpc) is 2.72. The highest BCUT2D eigenvalue weighted by Gasteiger charge is 2.18. The zero-order valence-electron chi connectivity index (χ0n) is 17.2. The van der Waals surface area contributed by atoms with Gasteiger partial charge < -0.3 is 10.1 Å². The van der Waals surface area contributed by atoms with Crippen LogP contribution in [-0.4, -0.2) is 50.6 Å². The molecule has 0 spiro atoms. The number of aromatic nitrogens is 1. The third kappa shape index (κ3) is 4.92. The molecule has 30 heavy (non-hydrogen) atoms. The molecule has 0 radical (unpaired) electrons. The van der Waals surface area contributed by atoms with Crippen molar-refractivity contribution in [3.8, 4) is 5.75 Å². The van der Waals surface area contributed by atoms with Crippen molar-refractivity contribution >= 4 is 44.3 Å².